The summed E-state index contributed by atoms with van der Waals surface area (Å²) in [5, 5.41) is 2.81. The van der Waals surface area contributed by atoms with Gasteiger partial charge in [-0.05, 0) is 42.3 Å². The summed E-state index contributed by atoms with van der Waals surface area (Å²) in [5.41, 5.74) is 1.63. The van der Waals surface area contributed by atoms with E-state index in [1.165, 1.54) is 6.07 Å². The molecule has 2 aromatic carbocycles. The Bertz CT molecular complexity index is 759. The molecule has 0 bridgehead atoms. The van der Waals surface area contributed by atoms with Crippen LogP contribution in [0.5, 0.6) is 11.5 Å². The second-order valence-corrected chi connectivity index (χ2v) is 5.87. The summed E-state index contributed by atoms with van der Waals surface area (Å²) in [6, 6.07) is 11.5. The zero-order chi connectivity index (χ0) is 18.5. The predicted octanol–water partition coefficient (Wildman–Crippen LogP) is 3.94. The zero-order valence-corrected chi connectivity index (χ0v) is 14.2. The third-order valence-corrected chi connectivity index (χ3v) is 4.16. The Hall–Kier alpha value is -2.67. The van der Waals surface area contributed by atoms with E-state index in [0.29, 0.717) is 42.2 Å². The number of carbonyl (C=O) groups is 1. The van der Waals surface area contributed by atoms with Gasteiger partial charge in [0.15, 0.2) is 0 Å². The summed E-state index contributed by atoms with van der Waals surface area (Å²) in [5.74, 6) is 0.338. The van der Waals surface area contributed by atoms with Crippen LogP contribution >= 0.6 is 0 Å². The number of halogens is 2. The van der Waals surface area contributed by atoms with Crippen molar-refractivity contribution < 1.29 is 27.8 Å². The summed E-state index contributed by atoms with van der Waals surface area (Å²) >= 11 is 0. The topological polar surface area (TPSA) is 56.8 Å². The van der Waals surface area contributed by atoms with Crippen molar-refractivity contribution in [3.8, 4) is 22.6 Å². The highest BCUT2D eigenvalue weighted by molar-refractivity contribution is 5.94. The van der Waals surface area contributed by atoms with Crippen LogP contribution in [0.15, 0.2) is 42.5 Å². The van der Waals surface area contributed by atoms with E-state index in [2.05, 4.69) is 10.1 Å². The van der Waals surface area contributed by atoms with Crippen LogP contribution in [0.3, 0.4) is 0 Å². The van der Waals surface area contributed by atoms with Gasteiger partial charge in [-0.25, -0.2) is 0 Å². The lowest BCUT2D eigenvalue weighted by Gasteiger charge is -2.15. The Morgan fingerprint density at radius 2 is 2.00 bits per heavy atom. The fourth-order valence-electron chi connectivity index (χ4n) is 2.79. The predicted molar refractivity (Wildman–Crippen MR) is 92.6 cm³/mol. The third-order valence-electron chi connectivity index (χ3n) is 4.16. The minimum Gasteiger partial charge on any atom is -0.497 e. The minimum atomic E-state index is -2.94. The first-order chi connectivity index (χ1) is 12.6. The molecule has 1 fully saturated rings. The van der Waals surface area contributed by atoms with Crippen LogP contribution in [0.1, 0.15) is 6.42 Å². The number of nitrogens with one attached hydrogen (secondary N) is 1. The Labute approximate surface area is 149 Å². The van der Waals surface area contributed by atoms with Crippen molar-refractivity contribution in [2.24, 2.45) is 5.92 Å². The average molecular weight is 363 g/mol. The maximum Gasteiger partial charge on any atom is 0.387 e. The first-order valence-corrected chi connectivity index (χ1v) is 8.18. The van der Waals surface area contributed by atoms with E-state index >= 15 is 0 Å². The van der Waals surface area contributed by atoms with Gasteiger partial charge in [-0.3, -0.25) is 4.79 Å². The smallest absolute Gasteiger partial charge is 0.387 e. The van der Waals surface area contributed by atoms with E-state index < -0.39 is 6.61 Å². The molecule has 0 aliphatic carbocycles. The highest BCUT2D eigenvalue weighted by atomic mass is 19.3. The quantitative estimate of drug-likeness (QED) is 0.845. The molecule has 7 heteroatoms. The number of ether oxygens (including phenoxy) is 3. The largest absolute Gasteiger partial charge is 0.497 e. The number of carbonyl (C=O) groups excluding carboxylic acids is 1. The molecule has 1 unspecified atom stereocenters. The third kappa shape index (κ3) is 4.29. The van der Waals surface area contributed by atoms with Gasteiger partial charge < -0.3 is 19.5 Å². The van der Waals surface area contributed by atoms with Crippen LogP contribution in [0.25, 0.3) is 11.1 Å². The molecule has 1 saturated heterocycles. The molecule has 1 N–H and O–H groups in total. The number of alkyl halides is 2. The van der Waals surface area contributed by atoms with Gasteiger partial charge in [-0.1, -0.05) is 12.1 Å². The van der Waals surface area contributed by atoms with Crippen molar-refractivity contribution >= 4 is 11.6 Å². The summed E-state index contributed by atoms with van der Waals surface area (Å²) < 4.78 is 40.4. The molecule has 0 radical (unpaired) electrons. The molecule has 26 heavy (non-hydrogen) atoms. The Kier molecular flexibility index (Phi) is 5.68. The summed E-state index contributed by atoms with van der Waals surface area (Å²) in [6.07, 6.45) is 0.670. The number of hydrogen-bond acceptors (Lipinski definition) is 4. The number of rotatable bonds is 6. The van der Waals surface area contributed by atoms with Crippen LogP contribution in [0, 0.1) is 5.92 Å². The first kappa shape index (κ1) is 18.1. The van der Waals surface area contributed by atoms with Gasteiger partial charge in [0.25, 0.3) is 0 Å². The molecule has 1 aliphatic heterocycles. The molecule has 1 aliphatic rings. The molecule has 2 aromatic rings. The van der Waals surface area contributed by atoms with Gasteiger partial charge in [-0.2, -0.15) is 8.78 Å². The SMILES string of the molecule is COc1ccc(-c2cc(NC(=O)C3CCOC3)ccc2OC(F)F)cc1. The molecule has 0 saturated carbocycles. The number of amides is 1. The summed E-state index contributed by atoms with van der Waals surface area (Å²) in [4.78, 5) is 12.2. The van der Waals surface area contributed by atoms with Gasteiger partial charge in [0.05, 0.1) is 19.6 Å². The van der Waals surface area contributed by atoms with Crippen molar-refractivity contribution in [3.63, 3.8) is 0 Å². The number of anilines is 1. The highest BCUT2D eigenvalue weighted by Crippen LogP contribution is 2.34. The second-order valence-electron chi connectivity index (χ2n) is 5.87. The molecule has 0 spiro atoms. The van der Waals surface area contributed by atoms with Crippen LogP contribution in [0.4, 0.5) is 14.5 Å². The molecule has 3 rings (SSSR count). The van der Waals surface area contributed by atoms with Gasteiger partial charge in [0, 0.05) is 17.9 Å². The molecule has 1 atom stereocenters. The van der Waals surface area contributed by atoms with E-state index in [1.807, 2.05) is 0 Å². The molecular formula is C19H19F2NO4. The summed E-state index contributed by atoms with van der Waals surface area (Å²) in [6.45, 7) is -1.98. The Balaban J connectivity index is 1.88. The fourth-order valence-corrected chi connectivity index (χ4v) is 2.79. The van der Waals surface area contributed by atoms with E-state index in [9.17, 15) is 13.6 Å². The lowest BCUT2D eigenvalue weighted by molar-refractivity contribution is -0.119. The van der Waals surface area contributed by atoms with Crippen LogP contribution in [0.2, 0.25) is 0 Å². The zero-order valence-electron chi connectivity index (χ0n) is 14.2. The van der Waals surface area contributed by atoms with E-state index in [1.54, 1.807) is 43.5 Å². The van der Waals surface area contributed by atoms with Crippen LogP contribution in [-0.4, -0.2) is 32.8 Å². The molecule has 0 aromatic heterocycles. The maximum absolute atomic E-state index is 12.7. The highest BCUT2D eigenvalue weighted by Gasteiger charge is 2.24. The van der Waals surface area contributed by atoms with Crippen molar-refractivity contribution in [2.75, 3.05) is 25.6 Å². The van der Waals surface area contributed by atoms with E-state index in [-0.39, 0.29) is 17.6 Å². The number of benzene rings is 2. The summed E-state index contributed by atoms with van der Waals surface area (Å²) in [7, 11) is 1.54. The normalized spacial score (nSPS) is 16.5. The monoisotopic (exact) mass is 363 g/mol. The van der Waals surface area contributed by atoms with Crippen LogP contribution < -0.4 is 14.8 Å². The molecule has 1 amide bonds. The van der Waals surface area contributed by atoms with Gasteiger partial charge in [0.2, 0.25) is 5.91 Å². The molecule has 5 nitrogen and oxygen atoms in total. The minimum absolute atomic E-state index is 0.0346. The average Bonchev–Trinajstić information content (AvgIpc) is 3.17. The van der Waals surface area contributed by atoms with Crippen molar-refractivity contribution in [3.05, 3.63) is 42.5 Å². The van der Waals surface area contributed by atoms with E-state index in [4.69, 9.17) is 9.47 Å². The molecular weight excluding hydrogens is 344 g/mol. The van der Waals surface area contributed by atoms with E-state index in [0.717, 1.165) is 0 Å². The Morgan fingerprint density at radius 3 is 2.62 bits per heavy atom. The first-order valence-electron chi connectivity index (χ1n) is 8.18. The molecule has 1 heterocycles. The van der Waals surface area contributed by atoms with Crippen molar-refractivity contribution in [1.82, 2.24) is 0 Å². The maximum atomic E-state index is 12.7. The lowest BCUT2D eigenvalue weighted by atomic mass is 10.0. The van der Waals surface area contributed by atoms with Crippen LogP contribution in [-0.2, 0) is 9.53 Å². The van der Waals surface area contributed by atoms with Crippen molar-refractivity contribution in [1.29, 1.82) is 0 Å². The van der Waals surface area contributed by atoms with Gasteiger partial charge in [-0.15, -0.1) is 0 Å². The standard InChI is InChI=1S/C19H19F2NO4/c1-24-15-5-2-12(3-6-15)16-10-14(4-7-17(16)26-19(20)21)22-18(23)13-8-9-25-11-13/h2-7,10,13,19H,8-9,11H2,1H3,(H,22,23). The number of methoxy groups -OCH3 is 1. The van der Waals surface area contributed by atoms with Gasteiger partial charge in [0.1, 0.15) is 11.5 Å². The molecule has 138 valence electrons. The lowest BCUT2D eigenvalue weighted by Crippen LogP contribution is -2.22. The Morgan fingerprint density at radius 1 is 1.23 bits per heavy atom. The second kappa shape index (κ2) is 8.14. The van der Waals surface area contributed by atoms with Gasteiger partial charge >= 0.3 is 6.61 Å². The fraction of sp³-hybridized carbons (Fsp3) is 0.316. The van der Waals surface area contributed by atoms with Crippen molar-refractivity contribution in [2.45, 2.75) is 13.0 Å². The number of hydrogen-bond donors (Lipinski definition) is 1.